The number of carbonyl (C=O) groups is 2. The summed E-state index contributed by atoms with van der Waals surface area (Å²) in [7, 11) is 0. The van der Waals surface area contributed by atoms with Gasteiger partial charge in [-0.3, -0.25) is 9.59 Å². The SMILES string of the molecule is CCCN(CC(=O)O)C(=O)CC(C)C1CCCNC1. The molecule has 0 aromatic carbocycles. The highest BCUT2D eigenvalue weighted by molar-refractivity contribution is 5.81. The monoisotopic (exact) mass is 270 g/mol. The van der Waals surface area contributed by atoms with Crippen LogP contribution in [-0.2, 0) is 9.59 Å². The molecule has 1 saturated heterocycles. The van der Waals surface area contributed by atoms with Gasteiger partial charge in [0.2, 0.25) is 5.91 Å². The lowest BCUT2D eigenvalue weighted by Gasteiger charge is -2.29. The number of amides is 1. The molecule has 0 spiro atoms. The Hall–Kier alpha value is -1.10. The van der Waals surface area contributed by atoms with E-state index in [9.17, 15) is 9.59 Å². The lowest BCUT2D eigenvalue weighted by atomic mass is 9.85. The van der Waals surface area contributed by atoms with E-state index < -0.39 is 5.97 Å². The van der Waals surface area contributed by atoms with Gasteiger partial charge in [0.1, 0.15) is 6.54 Å². The molecule has 1 fully saturated rings. The van der Waals surface area contributed by atoms with Crippen molar-refractivity contribution >= 4 is 11.9 Å². The number of carbonyl (C=O) groups excluding carboxylic acids is 1. The van der Waals surface area contributed by atoms with Crippen molar-refractivity contribution in [2.75, 3.05) is 26.2 Å². The van der Waals surface area contributed by atoms with Crippen LogP contribution < -0.4 is 5.32 Å². The molecule has 1 aliphatic rings. The Bertz CT molecular complexity index is 301. The third-order valence-electron chi connectivity index (χ3n) is 3.81. The summed E-state index contributed by atoms with van der Waals surface area (Å²) in [4.78, 5) is 24.4. The molecule has 0 bridgehead atoms. The number of nitrogens with one attached hydrogen (secondary N) is 1. The molecule has 2 unspecified atom stereocenters. The molecule has 0 radical (unpaired) electrons. The minimum Gasteiger partial charge on any atom is -0.480 e. The summed E-state index contributed by atoms with van der Waals surface area (Å²) in [6, 6.07) is 0. The fourth-order valence-corrected chi connectivity index (χ4v) is 2.66. The molecule has 2 atom stereocenters. The van der Waals surface area contributed by atoms with Crippen molar-refractivity contribution in [2.45, 2.75) is 39.5 Å². The fraction of sp³-hybridized carbons (Fsp3) is 0.857. The van der Waals surface area contributed by atoms with Crippen molar-refractivity contribution in [3.05, 3.63) is 0 Å². The minimum atomic E-state index is -0.936. The number of nitrogens with zero attached hydrogens (tertiary/aromatic N) is 1. The smallest absolute Gasteiger partial charge is 0.323 e. The van der Waals surface area contributed by atoms with Gasteiger partial charge in [0.15, 0.2) is 0 Å². The van der Waals surface area contributed by atoms with Gasteiger partial charge in [0.25, 0.3) is 0 Å². The zero-order valence-corrected chi connectivity index (χ0v) is 12.0. The molecular weight excluding hydrogens is 244 g/mol. The predicted molar refractivity (Wildman–Crippen MR) is 73.9 cm³/mol. The highest BCUT2D eigenvalue weighted by Crippen LogP contribution is 2.23. The summed E-state index contributed by atoms with van der Waals surface area (Å²) in [6.45, 7) is 6.44. The number of hydrogen-bond acceptors (Lipinski definition) is 3. The average molecular weight is 270 g/mol. The molecule has 2 N–H and O–H groups in total. The molecule has 0 aliphatic carbocycles. The van der Waals surface area contributed by atoms with E-state index in [-0.39, 0.29) is 12.5 Å². The molecule has 1 rings (SSSR count). The van der Waals surface area contributed by atoms with E-state index in [4.69, 9.17) is 5.11 Å². The van der Waals surface area contributed by atoms with Crippen molar-refractivity contribution in [1.29, 1.82) is 0 Å². The van der Waals surface area contributed by atoms with E-state index in [1.54, 1.807) is 0 Å². The molecule has 5 nitrogen and oxygen atoms in total. The summed E-state index contributed by atoms with van der Waals surface area (Å²) in [5, 5.41) is 12.2. The highest BCUT2D eigenvalue weighted by atomic mass is 16.4. The second-order valence-corrected chi connectivity index (χ2v) is 5.50. The van der Waals surface area contributed by atoms with Crippen molar-refractivity contribution in [3.63, 3.8) is 0 Å². The number of aliphatic carboxylic acids is 1. The number of piperidine rings is 1. The van der Waals surface area contributed by atoms with Crippen LogP contribution in [0.15, 0.2) is 0 Å². The number of carboxylic acid groups (broad SMARTS) is 1. The average Bonchev–Trinajstić information content (AvgIpc) is 2.38. The number of rotatable bonds is 7. The van der Waals surface area contributed by atoms with Crippen molar-refractivity contribution in [1.82, 2.24) is 10.2 Å². The number of hydrogen-bond donors (Lipinski definition) is 2. The quantitative estimate of drug-likeness (QED) is 0.732. The van der Waals surface area contributed by atoms with E-state index in [1.165, 1.54) is 4.90 Å². The van der Waals surface area contributed by atoms with Crippen LogP contribution in [0.4, 0.5) is 0 Å². The Morgan fingerprint density at radius 2 is 2.21 bits per heavy atom. The third-order valence-corrected chi connectivity index (χ3v) is 3.81. The molecule has 0 aromatic heterocycles. The van der Waals surface area contributed by atoms with Crippen LogP contribution in [0.25, 0.3) is 0 Å². The topological polar surface area (TPSA) is 69.6 Å². The van der Waals surface area contributed by atoms with Gasteiger partial charge < -0.3 is 15.3 Å². The van der Waals surface area contributed by atoms with Gasteiger partial charge in [-0.1, -0.05) is 13.8 Å². The number of carboxylic acids is 1. The highest BCUT2D eigenvalue weighted by Gasteiger charge is 2.24. The zero-order valence-electron chi connectivity index (χ0n) is 12.0. The minimum absolute atomic E-state index is 0.0256. The van der Waals surface area contributed by atoms with E-state index >= 15 is 0 Å². The molecule has 1 aliphatic heterocycles. The lowest BCUT2D eigenvalue weighted by molar-refractivity contribution is -0.145. The Labute approximate surface area is 115 Å². The van der Waals surface area contributed by atoms with Crippen LogP contribution in [-0.4, -0.2) is 48.1 Å². The molecule has 1 amide bonds. The summed E-state index contributed by atoms with van der Waals surface area (Å²) in [5.74, 6) is -0.115. The van der Waals surface area contributed by atoms with Crippen LogP contribution in [0.5, 0.6) is 0 Å². The largest absolute Gasteiger partial charge is 0.480 e. The summed E-state index contributed by atoms with van der Waals surface area (Å²) in [6.07, 6.45) is 3.57. The van der Waals surface area contributed by atoms with Crippen LogP contribution in [0.3, 0.4) is 0 Å². The van der Waals surface area contributed by atoms with Gasteiger partial charge in [-0.15, -0.1) is 0 Å². The van der Waals surface area contributed by atoms with E-state index in [1.807, 2.05) is 6.92 Å². The molecule has 5 heteroatoms. The van der Waals surface area contributed by atoms with Crippen LogP contribution in [0.1, 0.15) is 39.5 Å². The van der Waals surface area contributed by atoms with Crippen molar-refractivity contribution in [3.8, 4) is 0 Å². The fourth-order valence-electron chi connectivity index (χ4n) is 2.66. The van der Waals surface area contributed by atoms with Gasteiger partial charge in [-0.2, -0.15) is 0 Å². The second-order valence-electron chi connectivity index (χ2n) is 5.50. The summed E-state index contributed by atoms with van der Waals surface area (Å²) in [5.41, 5.74) is 0. The van der Waals surface area contributed by atoms with Gasteiger partial charge >= 0.3 is 5.97 Å². The standard InChI is InChI=1S/C14H26N2O3/c1-3-7-16(10-14(18)19)13(17)8-11(2)12-5-4-6-15-9-12/h11-12,15H,3-10H2,1-2H3,(H,18,19). The zero-order chi connectivity index (χ0) is 14.3. The van der Waals surface area contributed by atoms with Gasteiger partial charge in [0.05, 0.1) is 0 Å². The maximum atomic E-state index is 12.2. The van der Waals surface area contributed by atoms with E-state index in [2.05, 4.69) is 12.2 Å². The van der Waals surface area contributed by atoms with Crippen LogP contribution >= 0.6 is 0 Å². The Morgan fingerprint density at radius 1 is 1.47 bits per heavy atom. The Morgan fingerprint density at radius 3 is 2.74 bits per heavy atom. The van der Waals surface area contributed by atoms with Gasteiger partial charge in [-0.25, -0.2) is 0 Å². The first-order valence-corrected chi connectivity index (χ1v) is 7.24. The van der Waals surface area contributed by atoms with Crippen molar-refractivity contribution < 1.29 is 14.7 Å². The second kappa shape index (κ2) is 8.15. The molecule has 19 heavy (non-hydrogen) atoms. The normalized spacial score (nSPS) is 20.8. The first kappa shape index (κ1) is 16.0. The van der Waals surface area contributed by atoms with Gasteiger partial charge in [0, 0.05) is 13.0 Å². The van der Waals surface area contributed by atoms with Crippen LogP contribution in [0.2, 0.25) is 0 Å². The van der Waals surface area contributed by atoms with Gasteiger partial charge in [-0.05, 0) is 44.2 Å². The Kier molecular flexibility index (Phi) is 6.84. The van der Waals surface area contributed by atoms with E-state index in [0.29, 0.717) is 24.8 Å². The van der Waals surface area contributed by atoms with Crippen molar-refractivity contribution in [2.24, 2.45) is 11.8 Å². The third kappa shape index (κ3) is 5.59. The molecular formula is C14H26N2O3. The molecule has 0 aromatic rings. The summed E-state index contributed by atoms with van der Waals surface area (Å²) < 4.78 is 0. The maximum absolute atomic E-state index is 12.2. The maximum Gasteiger partial charge on any atom is 0.323 e. The predicted octanol–water partition coefficient (Wildman–Crippen LogP) is 1.34. The first-order chi connectivity index (χ1) is 9.04. The Balaban J connectivity index is 2.47. The molecule has 1 heterocycles. The van der Waals surface area contributed by atoms with Crippen LogP contribution in [0, 0.1) is 11.8 Å². The van der Waals surface area contributed by atoms with E-state index in [0.717, 1.165) is 32.4 Å². The lowest BCUT2D eigenvalue weighted by Crippen LogP contribution is -2.39. The summed E-state index contributed by atoms with van der Waals surface area (Å²) >= 11 is 0. The molecule has 0 saturated carbocycles. The first-order valence-electron chi connectivity index (χ1n) is 7.24. The molecule has 110 valence electrons.